The van der Waals surface area contributed by atoms with Crippen LogP contribution in [0, 0.1) is 26.6 Å². The number of halogens is 3. The van der Waals surface area contributed by atoms with Crippen LogP contribution in [0.25, 0.3) is 0 Å². The van der Waals surface area contributed by atoms with Gasteiger partial charge in [0.25, 0.3) is 0 Å². The molecule has 0 saturated heterocycles. The Morgan fingerprint density at radius 1 is 1.00 bits per heavy atom. The summed E-state index contributed by atoms with van der Waals surface area (Å²) < 4.78 is 14.0. The van der Waals surface area contributed by atoms with Gasteiger partial charge in [-0.3, -0.25) is 0 Å². The Morgan fingerprint density at radius 3 is 2.26 bits per heavy atom. The van der Waals surface area contributed by atoms with E-state index in [2.05, 4.69) is 15.9 Å². The molecule has 1 unspecified atom stereocenters. The van der Waals surface area contributed by atoms with Crippen molar-refractivity contribution in [1.82, 2.24) is 0 Å². The van der Waals surface area contributed by atoms with Gasteiger partial charge in [-0.25, -0.2) is 4.39 Å². The number of hydrogen-bond acceptors (Lipinski definition) is 0. The largest absolute Gasteiger partial charge is 0.207 e. The quantitative estimate of drug-likeness (QED) is 0.598. The standard InChI is InChI=1S/C16H15BrClF/c1-9-4-5-12(15(19)6-9)16(17)13-7-10(2)11(3)8-14(13)18/h4-8,16H,1-3H3. The summed E-state index contributed by atoms with van der Waals surface area (Å²) in [6, 6.07) is 9.18. The molecule has 0 spiro atoms. The van der Waals surface area contributed by atoms with Gasteiger partial charge in [0.2, 0.25) is 0 Å². The zero-order valence-electron chi connectivity index (χ0n) is 11.1. The van der Waals surface area contributed by atoms with Crippen LogP contribution in [-0.4, -0.2) is 0 Å². The lowest BCUT2D eigenvalue weighted by molar-refractivity contribution is 0.612. The smallest absolute Gasteiger partial charge is 0.128 e. The monoisotopic (exact) mass is 340 g/mol. The first-order chi connectivity index (χ1) is 8.90. The fourth-order valence-corrected chi connectivity index (χ4v) is 3.21. The van der Waals surface area contributed by atoms with Crippen molar-refractivity contribution < 1.29 is 4.39 Å². The van der Waals surface area contributed by atoms with Crippen LogP contribution < -0.4 is 0 Å². The van der Waals surface area contributed by atoms with Crippen molar-refractivity contribution in [1.29, 1.82) is 0 Å². The van der Waals surface area contributed by atoms with Crippen LogP contribution in [0.2, 0.25) is 5.02 Å². The van der Waals surface area contributed by atoms with E-state index in [1.165, 1.54) is 0 Å². The van der Waals surface area contributed by atoms with Crippen molar-refractivity contribution in [3.05, 3.63) is 69.0 Å². The third kappa shape index (κ3) is 3.01. The van der Waals surface area contributed by atoms with Gasteiger partial charge >= 0.3 is 0 Å². The Morgan fingerprint density at radius 2 is 1.63 bits per heavy atom. The molecule has 3 heteroatoms. The zero-order chi connectivity index (χ0) is 14.2. The van der Waals surface area contributed by atoms with E-state index in [1.807, 2.05) is 39.0 Å². The summed E-state index contributed by atoms with van der Waals surface area (Å²) in [7, 11) is 0. The molecule has 0 heterocycles. The van der Waals surface area contributed by atoms with E-state index >= 15 is 0 Å². The van der Waals surface area contributed by atoms with Gasteiger partial charge in [-0.1, -0.05) is 45.7 Å². The van der Waals surface area contributed by atoms with Gasteiger partial charge in [0.1, 0.15) is 5.82 Å². The van der Waals surface area contributed by atoms with Crippen molar-refractivity contribution in [3.63, 3.8) is 0 Å². The molecule has 0 aliphatic heterocycles. The Kier molecular flexibility index (Phi) is 4.32. The first-order valence-electron chi connectivity index (χ1n) is 6.07. The van der Waals surface area contributed by atoms with Crippen molar-refractivity contribution >= 4 is 27.5 Å². The van der Waals surface area contributed by atoms with E-state index < -0.39 is 0 Å². The summed E-state index contributed by atoms with van der Waals surface area (Å²) >= 11 is 9.83. The highest BCUT2D eigenvalue weighted by Gasteiger charge is 2.18. The van der Waals surface area contributed by atoms with Crippen LogP contribution in [0.5, 0.6) is 0 Å². The summed E-state index contributed by atoms with van der Waals surface area (Å²) in [5, 5.41) is 0.657. The van der Waals surface area contributed by atoms with Gasteiger partial charge in [-0.15, -0.1) is 0 Å². The van der Waals surface area contributed by atoms with Gasteiger partial charge in [0, 0.05) is 10.6 Å². The predicted octanol–water partition coefficient (Wildman–Crippen LogP) is 5.89. The van der Waals surface area contributed by atoms with Gasteiger partial charge < -0.3 is 0 Å². The average Bonchev–Trinajstić information content (AvgIpc) is 2.33. The Labute approximate surface area is 126 Å². The minimum Gasteiger partial charge on any atom is -0.207 e. The molecule has 19 heavy (non-hydrogen) atoms. The van der Waals surface area contributed by atoms with Gasteiger partial charge in [0.05, 0.1) is 4.83 Å². The first-order valence-corrected chi connectivity index (χ1v) is 7.36. The highest BCUT2D eigenvalue weighted by molar-refractivity contribution is 9.09. The number of benzene rings is 2. The van der Waals surface area contributed by atoms with Crippen LogP contribution in [0.15, 0.2) is 30.3 Å². The minimum absolute atomic E-state index is 0.212. The van der Waals surface area contributed by atoms with E-state index in [1.54, 1.807) is 12.1 Å². The molecule has 1 atom stereocenters. The second-order valence-electron chi connectivity index (χ2n) is 4.85. The SMILES string of the molecule is Cc1ccc(C(Br)c2cc(C)c(C)cc2Cl)c(F)c1. The first kappa shape index (κ1) is 14.5. The lowest BCUT2D eigenvalue weighted by atomic mass is 9.99. The molecule has 0 aliphatic rings. The number of aryl methyl sites for hydroxylation is 3. The maximum Gasteiger partial charge on any atom is 0.128 e. The predicted molar refractivity (Wildman–Crippen MR) is 82.8 cm³/mol. The second kappa shape index (κ2) is 5.64. The highest BCUT2D eigenvalue weighted by atomic mass is 79.9. The molecule has 2 rings (SSSR count). The fraction of sp³-hybridized carbons (Fsp3) is 0.250. The molecule has 2 aromatic carbocycles. The van der Waals surface area contributed by atoms with Crippen LogP contribution in [-0.2, 0) is 0 Å². The molecule has 0 nitrogen and oxygen atoms in total. The van der Waals surface area contributed by atoms with E-state index in [-0.39, 0.29) is 10.6 Å². The Bertz CT molecular complexity index is 622. The second-order valence-corrected chi connectivity index (χ2v) is 6.17. The lowest BCUT2D eigenvalue weighted by Crippen LogP contribution is -1.99. The average molecular weight is 342 g/mol. The molecule has 0 N–H and O–H groups in total. The van der Waals surface area contributed by atoms with E-state index in [0.717, 1.165) is 22.3 Å². The third-order valence-corrected chi connectivity index (χ3v) is 4.63. The van der Waals surface area contributed by atoms with Crippen molar-refractivity contribution in [2.24, 2.45) is 0 Å². The van der Waals surface area contributed by atoms with E-state index in [9.17, 15) is 4.39 Å². The molecule has 2 aromatic rings. The molecule has 0 aliphatic carbocycles. The molecule has 100 valence electrons. The Hall–Kier alpha value is -0.860. The molecule has 0 amide bonds. The number of alkyl halides is 1. The summed E-state index contributed by atoms with van der Waals surface area (Å²) in [6.07, 6.45) is 0. The lowest BCUT2D eigenvalue weighted by Gasteiger charge is -2.16. The number of hydrogen-bond donors (Lipinski definition) is 0. The van der Waals surface area contributed by atoms with Gasteiger partial charge in [-0.05, 0) is 55.2 Å². The van der Waals surface area contributed by atoms with Crippen LogP contribution in [0.3, 0.4) is 0 Å². The topological polar surface area (TPSA) is 0 Å². The van der Waals surface area contributed by atoms with Crippen molar-refractivity contribution in [2.45, 2.75) is 25.6 Å². The summed E-state index contributed by atoms with van der Waals surface area (Å²) in [5.74, 6) is -0.212. The normalized spacial score (nSPS) is 12.5. The third-order valence-electron chi connectivity index (χ3n) is 3.32. The van der Waals surface area contributed by atoms with E-state index in [4.69, 9.17) is 11.6 Å². The van der Waals surface area contributed by atoms with Crippen molar-refractivity contribution in [3.8, 4) is 0 Å². The number of rotatable bonds is 2. The molecule has 0 saturated carbocycles. The van der Waals surface area contributed by atoms with Crippen LogP contribution in [0.4, 0.5) is 4.39 Å². The van der Waals surface area contributed by atoms with Crippen LogP contribution in [0.1, 0.15) is 32.6 Å². The van der Waals surface area contributed by atoms with Gasteiger partial charge in [0.15, 0.2) is 0 Å². The molecular weight excluding hydrogens is 327 g/mol. The summed E-state index contributed by atoms with van der Waals surface area (Å²) in [6.45, 7) is 5.92. The zero-order valence-corrected chi connectivity index (χ0v) is 13.4. The summed E-state index contributed by atoms with van der Waals surface area (Å²) in [5.41, 5.74) is 4.70. The molecule has 0 bridgehead atoms. The molecular formula is C16H15BrClF. The molecule has 0 aromatic heterocycles. The van der Waals surface area contributed by atoms with E-state index in [0.29, 0.717) is 10.6 Å². The highest BCUT2D eigenvalue weighted by Crippen LogP contribution is 2.37. The van der Waals surface area contributed by atoms with Crippen molar-refractivity contribution in [2.75, 3.05) is 0 Å². The fourth-order valence-electron chi connectivity index (χ4n) is 2.00. The maximum absolute atomic E-state index is 14.0. The molecule has 0 fully saturated rings. The van der Waals surface area contributed by atoms with Crippen LogP contribution >= 0.6 is 27.5 Å². The summed E-state index contributed by atoms with van der Waals surface area (Å²) in [4.78, 5) is -0.236. The Balaban J connectivity index is 2.49. The molecule has 0 radical (unpaired) electrons. The minimum atomic E-state index is -0.236. The maximum atomic E-state index is 14.0. The van der Waals surface area contributed by atoms with Gasteiger partial charge in [-0.2, -0.15) is 0 Å².